The summed E-state index contributed by atoms with van der Waals surface area (Å²) in [6, 6.07) is 17.4. The van der Waals surface area contributed by atoms with Gasteiger partial charge < -0.3 is 9.80 Å². The number of rotatable bonds is 7. The summed E-state index contributed by atoms with van der Waals surface area (Å²) in [5.74, 6) is 0.632. The number of nitriles is 1. The second-order valence-electron chi connectivity index (χ2n) is 11.2. The summed E-state index contributed by atoms with van der Waals surface area (Å²) in [5.41, 5.74) is 2.41. The first kappa shape index (κ1) is 28.7. The molecule has 2 aromatic carbocycles. The number of fused-ring (bicyclic) bond motifs is 1. The van der Waals surface area contributed by atoms with Crippen LogP contribution in [0.25, 0.3) is 0 Å². The molecular formula is C30H30Cl2N8OS. The molecule has 3 aliphatic rings. The van der Waals surface area contributed by atoms with Crippen LogP contribution >= 0.6 is 35.0 Å². The summed E-state index contributed by atoms with van der Waals surface area (Å²) >= 11 is 14.0. The molecule has 1 amide bonds. The van der Waals surface area contributed by atoms with Crippen molar-refractivity contribution < 1.29 is 4.79 Å². The van der Waals surface area contributed by atoms with Crippen LogP contribution in [0.4, 0.5) is 0 Å². The Kier molecular flexibility index (Phi) is 7.77. The molecule has 0 unspecified atom stereocenters. The molecule has 0 radical (unpaired) electrons. The van der Waals surface area contributed by atoms with Crippen molar-refractivity contribution in [3.63, 3.8) is 0 Å². The first-order valence-corrected chi connectivity index (χ1v) is 15.6. The van der Waals surface area contributed by atoms with E-state index in [9.17, 15) is 4.79 Å². The van der Waals surface area contributed by atoms with Crippen LogP contribution < -0.4 is 0 Å². The minimum Gasteiger partial charge on any atom is -0.328 e. The molecule has 6 rings (SSSR count). The van der Waals surface area contributed by atoms with Gasteiger partial charge in [0, 0.05) is 22.3 Å². The molecule has 1 saturated heterocycles. The Labute approximate surface area is 259 Å². The molecule has 0 N–H and O–H groups in total. The van der Waals surface area contributed by atoms with Crippen LogP contribution in [0.2, 0.25) is 10.0 Å². The number of hydrogen-bond donors (Lipinski definition) is 0. The molecule has 0 saturated carbocycles. The second-order valence-corrected chi connectivity index (χ2v) is 13.0. The number of likely N-dealkylation sites (tertiary alicyclic amines) is 1. The van der Waals surface area contributed by atoms with Crippen molar-refractivity contribution in [3.8, 4) is 6.07 Å². The van der Waals surface area contributed by atoms with Gasteiger partial charge in [-0.1, -0.05) is 61.3 Å². The summed E-state index contributed by atoms with van der Waals surface area (Å²) in [6.45, 7) is 7.38. The highest BCUT2D eigenvalue weighted by Crippen LogP contribution is 2.56. The van der Waals surface area contributed by atoms with Gasteiger partial charge in [-0.3, -0.25) is 4.79 Å². The zero-order valence-corrected chi connectivity index (χ0v) is 25.9. The third-order valence-corrected chi connectivity index (χ3v) is 9.73. The molecule has 0 bridgehead atoms. The van der Waals surface area contributed by atoms with E-state index in [1.54, 1.807) is 4.68 Å². The monoisotopic (exact) mass is 620 g/mol. The summed E-state index contributed by atoms with van der Waals surface area (Å²) in [5, 5.41) is 23.4. The van der Waals surface area contributed by atoms with Crippen molar-refractivity contribution in [2.24, 2.45) is 10.9 Å². The molecule has 1 aromatic heterocycles. The number of aromatic nitrogens is 4. The van der Waals surface area contributed by atoms with E-state index in [0.29, 0.717) is 40.3 Å². The molecule has 9 nitrogen and oxygen atoms in total. The lowest BCUT2D eigenvalue weighted by atomic mass is 9.81. The molecule has 3 atom stereocenters. The number of tetrazole rings is 1. The fraction of sp³-hybridized carbons (Fsp3) is 0.400. The van der Waals surface area contributed by atoms with E-state index in [0.717, 1.165) is 34.8 Å². The molecule has 3 aromatic rings. The number of amidine groups is 1. The van der Waals surface area contributed by atoms with Crippen molar-refractivity contribution in [2.45, 2.75) is 64.2 Å². The van der Waals surface area contributed by atoms with E-state index >= 15 is 0 Å². The molecule has 4 heterocycles. The Morgan fingerprint density at radius 3 is 2.50 bits per heavy atom. The number of thioether (sulfide) groups is 1. The van der Waals surface area contributed by atoms with Crippen molar-refractivity contribution in [1.82, 2.24) is 30.0 Å². The molecule has 216 valence electrons. The first-order valence-electron chi connectivity index (χ1n) is 14.0. The lowest BCUT2D eigenvalue weighted by Gasteiger charge is -2.37. The largest absolute Gasteiger partial charge is 0.328 e. The van der Waals surface area contributed by atoms with Crippen LogP contribution in [0.3, 0.4) is 0 Å². The van der Waals surface area contributed by atoms with E-state index < -0.39 is 5.54 Å². The normalized spacial score (nSPS) is 23.5. The predicted molar refractivity (Wildman–Crippen MR) is 163 cm³/mol. The third-order valence-electron chi connectivity index (χ3n) is 8.17. The molecule has 12 heteroatoms. The number of benzene rings is 2. The number of aliphatic imine (C=N–C) groups is 1. The molecule has 1 fully saturated rings. The zero-order chi connectivity index (χ0) is 29.6. The Morgan fingerprint density at radius 2 is 1.83 bits per heavy atom. The minimum atomic E-state index is -0.630. The Morgan fingerprint density at radius 1 is 1.14 bits per heavy atom. The van der Waals surface area contributed by atoms with Gasteiger partial charge in [0.05, 0.1) is 31.1 Å². The van der Waals surface area contributed by atoms with Gasteiger partial charge in [-0.05, 0) is 83.3 Å². The van der Waals surface area contributed by atoms with Crippen molar-refractivity contribution in [3.05, 3.63) is 86.1 Å². The number of carbonyl (C=O) groups excluding carboxylic acids is 1. The molecular weight excluding hydrogens is 591 g/mol. The van der Waals surface area contributed by atoms with Crippen LogP contribution in [0.15, 0.2) is 64.1 Å². The van der Waals surface area contributed by atoms with E-state index in [-0.39, 0.29) is 23.9 Å². The standard InChI is InChI=1S/C30H30Cl2N8OS/c1-18(2)24-25(28(41)38-16-4-6-23(38)27-35-36-37-39(27)17-5-15-33)42-29-34-30(3,20-9-13-22(32)14-10-20)26(40(24)29)19-7-11-21(31)12-8-19/h7-14,18,23,26H,4-6,16-17H2,1-3H3/t23-,26+,30-/m0/s1. The molecule has 42 heavy (non-hydrogen) atoms. The average molecular weight is 622 g/mol. The molecule has 0 aliphatic carbocycles. The number of amides is 1. The van der Waals surface area contributed by atoms with Crippen molar-refractivity contribution >= 4 is 46.0 Å². The van der Waals surface area contributed by atoms with Gasteiger partial charge in [0.2, 0.25) is 0 Å². The molecule has 3 aliphatic heterocycles. The van der Waals surface area contributed by atoms with Crippen LogP contribution in [0.1, 0.15) is 69.1 Å². The van der Waals surface area contributed by atoms with E-state index in [1.807, 2.05) is 53.4 Å². The zero-order valence-electron chi connectivity index (χ0n) is 23.5. The van der Waals surface area contributed by atoms with Gasteiger partial charge in [-0.2, -0.15) is 5.26 Å². The minimum absolute atomic E-state index is 0.0406. The van der Waals surface area contributed by atoms with Crippen LogP contribution in [0.5, 0.6) is 0 Å². The lowest BCUT2D eigenvalue weighted by molar-refractivity contribution is -0.127. The van der Waals surface area contributed by atoms with Crippen LogP contribution in [-0.2, 0) is 16.9 Å². The fourth-order valence-electron chi connectivity index (χ4n) is 6.24. The maximum atomic E-state index is 14.4. The summed E-state index contributed by atoms with van der Waals surface area (Å²) < 4.78 is 1.65. The fourth-order valence-corrected chi connectivity index (χ4v) is 7.85. The average Bonchev–Trinajstić information content (AvgIpc) is 3.75. The topological polar surface area (TPSA) is 103 Å². The van der Waals surface area contributed by atoms with Crippen molar-refractivity contribution in [2.75, 3.05) is 6.54 Å². The van der Waals surface area contributed by atoms with E-state index in [2.05, 4.69) is 47.3 Å². The lowest BCUT2D eigenvalue weighted by Crippen LogP contribution is -2.37. The van der Waals surface area contributed by atoms with Crippen LogP contribution in [-0.4, -0.2) is 47.6 Å². The highest BCUT2D eigenvalue weighted by Gasteiger charge is 2.54. The number of allylic oxidation sites excluding steroid dienone is 1. The van der Waals surface area contributed by atoms with Crippen LogP contribution in [0, 0.1) is 17.2 Å². The number of carbonyl (C=O) groups is 1. The van der Waals surface area contributed by atoms with E-state index in [4.69, 9.17) is 33.5 Å². The second kappa shape index (κ2) is 11.4. The van der Waals surface area contributed by atoms with E-state index in [1.165, 1.54) is 11.8 Å². The Balaban J connectivity index is 1.41. The number of nitrogens with zero attached hydrogens (tertiary/aromatic N) is 8. The maximum absolute atomic E-state index is 14.4. The van der Waals surface area contributed by atoms with Gasteiger partial charge in [-0.15, -0.1) is 5.10 Å². The maximum Gasteiger partial charge on any atom is 0.263 e. The summed E-state index contributed by atoms with van der Waals surface area (Å²) in [4.78, 5) is 24.5. The van der Waals surface area contributed by atoms with Gasteiger partial charge in [0.1, 0.15) is 10.4 Å². The Hall–Kier alpha value is -3.39. The van der Waals surface area contributed by atoms with Gasteiger partial charge in [-0.25, -0.2) is 9.67 Å². The van der Waals surface area contributed by atoms with Gasteiger partial charge >= 0.3 is 0 Å². The van der Waals surface area contributed by atoms with Gasteiger partial charge in [0.25, 0.3) is 5.91 Å². The molecule has 0 spiro atoms. The number of halogens is 2. The van der Waals surface area contributed by atoms with Crippen molar-refractivity contribution in [1.29, 1.82) is 5.26 Å². The first-order chi connectivity index (χ1) is 20.2. The smallest absolute Gasteiger partial charge is 0.263 e. The SMILES string of the molecule is CC(C)C1=C(C(=O)N2CCC[C@H]2c2nnnn2CCC#N)SC2=N[C@@](C)(c3ccc(Cl)cc3)[C@@H](c3ccc(Cl)cc3)N21. The van der Waals surface area contributed by atoms with Gasteiger partial charge in [0.15, 0.2) is 11.0 Å². The number of hydrogen-bond acceptors (Lipinski definition) is 8. The quantitative estimate of drug-likeness (QED) is 0.297. The highest BCUT2D eigenvalue weighted by atomic mass is 35.5. The summed E-state index contributed by atoms with van der Waals surface area (Å²) in [6.07, 6.45) is 1.91. The Bertz CT molecular complexity index is 1610. The predicted octanol–water partition coefficient (Wildman–Crippen LogP) is 6.50. The number of aryl methyl sites for hydroxylation is 1. The highest BCUT2D eigenvalue weighted by molar-refractivity contribution is 8.18. The summed E-state index contributed by atoms with van der Waals surface area (Å²) in [7, 11) is 0. The third kappa shape index (κ3) is 4.87.